The number of epoxide rings is 1. The van der Waals surface area contributed by atoms with Crippen molar-refractivity contribution in [3.05, 3.63) is 34.4 Å². The molecule has 2 heterocycles. The molecule has 0 aromatic heterocycles. The highest BCUT2D eigenvalue weighted by Gasteiger charge is 2.50. The van der Waals surface area contributed by atoms with Crippen LogP contribution in [0.25, 0.3) is 0 Å². The van der Waals surface area contributed by atoms with Crippen molar-refractivity contribution in [3.8, 4) is 0 Å². The first-order chi connectivity index (χ1) is 10.9. The van der Waals surface area contributed by atoms with E-state index in [1.54, 1.807) is 0 Å². The zero-order chi connectivity index (χ0) is 16.6. The van der Waals surface area contributed by atoms with Crippen LogP contribution in [0, 0.1) is 0 Å². The smallest absolute Gasteiger partial charge is 0.334 e. The molecule has 126 valence electrons. The van der Waals surface area contributed by atoms with E-state index < -0.39 is 0 Å². The Hall–Kier alpha value is -1.35. The molecule has 3 nitrogen and oxygen atoms in total. The van der Waals surface area contributed by atoms with Gasteiger partial charge in [-0.25, -0.2) is 4.79 Å². The first-order valence-corrected chi connectivity index (χ1v) is 8.80. The van der Waals surface area contributed by atoms with Crippen LogP contribution < -0.4 is 0 Å². The summed E-state index contributed by atoms with van der Waals surface area (Å²) in [6, 6.07) is 0. The quantitative estimate of drug-likeness (QED) is 0.371. The summed E-state index contributed by atoms with van der Waals surface area (Å²) in [6.45, 7) is 8.44. The van der Waals surface area contributed by atoms with Crippen LogP contribution in [-0.4, -0.2) is 23.8 Å². The maximum absolute atomic E-state index is 11.9. The fourth-order valence-corrected chi connectivity index (χ4v) is 3.70. The first kappa shape index (κ1) is 16.5. The van der Waals surface area contributed by atoms with E-state index in [2.05, 4.69) is 32.9 Å². The number of rotatable bonds is 0. The van der Waals surface area contributed by atoms with Gasteiger partial charge in [-0.3, -0.25) is 0 Å². The van der Waals surface area contributed by atoms with Crippen molar-refractivity contribution < 1.29 is 14.3 Å². The van der Waals surface area contributed by atoms with Crippen molar-refractivity contribution in [2.45, 2.75) is 84.0 Å². The van der Waals surface area contributed by atoms with Crippen LogP contribution in [0.15, 0.2) is 34.4 Å². The number of allylic oxidation sites excluding steroid dienone is 3. The van der Waals surface area contributed by atoms with Crippen LogP contribution >= 0.6 is 0 Å². The summed E-state index contributed by atoms with van der Waals surface area (Å²) in [5.41, 5.74) is 4.71. The van der Waals surface area contributed by atoms with E-state index in [1.807, 2.05) is 6.92 Å². The molecular weight excluding hydrogens is 288 g/mol. The van der Waals surface area contributed by atoms with Crippen LogP contribution in [0.3, 0.4) is 0 Å². The zero-order valence-corrected chi connectivity index (χ0v) is 14.8. The summed E-state index contributed by atoms with van der Waals surface area (Å²) in [5, 5.41) is 0. The molecule has 0 amide bonds. The Balaban J connectivity index is 1.80. The summed E-state index contributed by atoms with van der Waals surface area (Å²) < 4.78 is 11.5. The molecule has 1 aliphatic carbocycles. The van der Waals surface area contributed by atoms with Gasteiger partial charge in [0.1, 0.15) is 6.10 Å². The third-order valence-electron chi connectivity index (χ3n) is 5.56. The molecule has 3 aliphatic rings. The van der Waals surface area contributed by atoms with Crippen molar-refractivity contribution >= 4 is 5.97 Å². The Morgan fingerprint density at radius 1 is 1.13 bits per heavy atom. The minimum absolute atomic E-state index is 0.0721. The second-order valence-corrected chi connectivity index (χ2v) is 7.54. The van der Waals surface area contributed by atoms with E-state index in [1.165, 1.54) is 11.1 Å². The fourth-order valence-electron chi connectivity index (χ4n) is 3.70. The van der Waals surface area contributed by atoms with Gasteiger partial charge in [-0.1, -0.05) is 17.2 Å². The number of fused-ring (bicyclic) bond motifs is 2. The summed E-state index contributed by atoms with van der Waals surface area (Å²) in [4.78, 5) is 11.9. The number of ether oxygens (including phenoxy) is 2. The first-order valence-electron chi connectivity index (χ1n) is 8.80. The molecule has 1 fully saturated rings. The lowest BCUT2D eigenvalue weighted by atomic mass is 9.93. The second-order valence-electron chi connectivity index (χ2n) is 7.54. The Morgan fingerprint density at radius 2 is 1.91 bits per heavy atom. The number of esters is 1. The molecule has 3 unspecified atom stereocenters. The van der Waals surface area contributed by atoms with E-state index in [9.17, 15) is 4.79 Å². The predicted octanol–water partition coefficient (Wildman–Crippen LogP) is 4.63. The fraction of sp³-hybridized carbons (Fsp3) is 0.650. The Bertz CT molecular complexity index is 596. The molecule has 3 heteroatoms. The average molecular weight is 316 g/mol. The molecule has 0 spiro atoms. The molecule has 0 N–H and O–H groups in total. The number of carbonyl (C=O) groups is 1. The van der Waals surface area contributed by atoms with Crippen molar-refractivity contribution in [2.24, 2.45) is 0 Å². The van der Waals surface area contributed by atoms with Crippen LogP contribution in [0.4, 0.5) is 0 Å². The van der Waals surface area contributed by atoms with Gasteiger partial charge in [0.15, 0.2) is 0 Å². The molecule has 3 atom stereocenters. The summed E-state index contributed by atoms with van der Waals surface area (Å²) >= 11 is 0. The van der Waals surface area contributed by atoms with E-state index in [0.717, 1.165) is 49.7 Å². The second kappa shape index (κ2) is 6.27. The van der Waals surface area contributed by atoms with Crippen LogP contribution in [0.2, 0.25) is 0 Å². The predicted molar refractivity (Wildman–Crippen MR) is 91.1 cm³/mol. The molecule has 0 bridgehead atoms. The average Bonchev–Trinajstić information content (AvgIpc) is 3.06. The molecule has 0 saturated carbocycles. The van der Waals surface area contributed by atoms with Gasteiger partial charge in [0.2, 0.25) is 0 Å². The van der Waals surface area contributed by atoms with E-state index in [0.29, 0.717) is 6.10 Å². The standard InChI is InChI=1S/C20H28O3/c1-13-6-5-11-20(4)18(23-20)10-8-14(2)12-17-16(9-7-13)15(3)19(21)22-17/h6,12,17-18H,5,7-11H2,1-4H3/b13-6+,14-12?. The maximum atomic E-state index is 11.9. The minimum Gasteiger partial charge on any atom is -0.450 e. The molecule has 2 aliphatic heterocycles. The molecule has 1 saturated heterocycles. The molecule has 0 radical (unpaired) electrons. The number of hydrogen-bond donors (Lipinski definition) is 0. The Kier molecular flexibility index (Phi) is 4.50. The van der Waals surface area contributed by atoms with Gasteiger partial charge >= 0.3 is 5.97 Å². The van der Waals surface area contributed by atoms with E-state index in [-0.39, 0.29) is 17.7 Å². The normalized spacial score (nSPS) is 37.8. The minimum atomic E-state index is -0.162. The topological polar surface area (TPSA) is 38.8 Å². The lowest BCUT2D eigenvalue weighted by molar-refractivity contribution is -0.138. The van der Waals surface area contributed by atoms with Gasteiger partial charge in [-0.15, -0.1) is 0 Å². The van der Waals surface area contributed by atoms with Gasteiger partial charge in [0, 0.05) is 5.57 Å². The number of hydrogen-bond acceptors (Lipinski definition) is 3. The third kappa shape index (κ3) is 3.60. The SMILES string of the molecule is CC1=CC2OC(=O)C(C)=C2CC/C(C)=C/CCC2(C)OC2CC1. The van der Waals surface area contributed by atoms with Gasteiger partial charge in [-0.05, 0) is 77.9 Å². The van der Waals surface area contributed by atoms with Crippen molar-refractivity contribution in [1.29, 1.82) is 0 Å². The molecule has 0 aromatic carbocycles. The Morgan fingerprint density at radius 3 is 2.70 bits per heavy atom. The van der Waals surface area contributed by atoms with Gasteiger partial charge in [-0.2, -0.15) is 0 Å². The maximum Gasteiger partial charge on any atom is 0.334 e. The van der Waals surface area contributed by atoms with Gasteiger partial charge < -0.3 is 9.47 Å². The molecule has 23 heavy (non-hydrogen) atoms. The molecular formula is C20H28O3. The highest BCUT2D eigenvalue weighted by atomic mass is 16.6. The highest BCUT2D eigenvalue weighted by Crippen LogP contribution is 2.44. The summed E-state index contributed by atoms with van der Waals surface area (Å²) in [7, 11) is 0. The lowest BCUT2D eigenvalue weighted by Gasteiger charge is -2.13. The third-order valence-corrected chi connectivity index (χ3v) is 5.56. The van der Waals surface area contributed by atoms with Gasteiger partial charge in [0.05, 0.1) is 11.7 Å². The summed E-state index contributed by atoms with van der Waals surface area (Å²) in [6.07, 6.45) is 10.8. The van der Waals surface area contributed by atoms with Gasteiger partial charge in [0.25, 0.3) is 0 Å². The molecule has 0 aromatic rings. The van der Waals surface area contributed by atoms with Crippen molar-refractivity contribution in [3.63, 3.8) is 0 Å². The van der Waals surface area contributed by atoms with E-state index >= 15 is 0 Å². The zero-order valence-electron chi connectivity index (χ0n) is 14.8. The van der Waals surface area contributed by atoms with Crippen LogP contribution in [0.1, 0.15) is 66.2 Å². The van der Waals surface area contributed by atoms with Crippen molar-refractivity contribution in [2.75, 3.05) is 0 Å². The highest BCUT2D eigenvalue weighted by molar-refractivity contribution is 5.92. The lowest BCUT2D eigenvalue weighted by Crippen LogP contribution is -2.11. The largest absolute Gasteiger partial charge is 0.450 e. The van der Waals surface area contributed by atoms with Crippen LogP contribution in [-0.2, 0) is 14.3 Å². The summed E-state index contributed by atoms with van der Waals surface area (Å²) in [5.74, 6) is -0.155. The Labute approximate surface area is 139 Å². The van der Waals surface area contributed by atoms with E-state index in [4.69, 9.17) is 9.47 Å². The monoisotopic (exact) mass is 316 g/mol. The van der Waals surface area contributed by atoms with Crippen LogP contribution in [0.5, 0.6) is 0 Å². The molecule has 3 rings (SSSR count). The van der Waals surface area contributed by atoms with Crippen molar-refractivity contribution in [1.82, 2.24) is 0 Å². The number of carbonyl (C=O) groups excluding carboxylic acids is 1.